The molecule has 0 radical (unpaired) electrons. The number of nitrogens with zero attached hydrogens (tertiary/aromatic N) is 6. The number of piperidine rings is 1. The number of benzene rings is 1. The molecule has 2 aliphatic heterocycles. The van der Waals surface area contributed by atoms with Crippen molar-refractivity contribution in [2.75, 3.05) is 48.4 Å². The molecule has 0 N–H and O–H groups in total. The molecular formula is C20H23FN6. The molecule has 2 atom stereocenters. The van der Waals surface area contributed by atoms with Gasteiger partial charge in [0.2, 0.25) is 0 Å². The van der Waals surface area contributed by atoms with Gasteiger partial charge in [0, 0.05) is 57.9 Å². The van der Waals surface area contributed by atoms with E-state index >= 15 is 0 Å². The molecule has 3 heterocycles. The summed E-state index contributed by atoms with van der Waals surface area (Å²) in [6.45, 7) is 2.65. The van der Waals surface area contributed by atoms with Gasteiger partial charge < -0.3 is 14.7 Å². The van der Waals surface area contributed by atoms with Crippen LogP contribution in [0, 0.1) is 23.1 Å². The first-order valence-electron chi connectivity index (χ1n) is 9.27. The number of halogens is 1. The van der Waals surface area contributed by atoms with Gasteiger partial charge in [0.1, 0.15) is 5.82 Å². The van der Waals surface area contributed by atoms with Crippen molar-refractivity contribution in [3.8, 4) is 6.07 Å². The molecule has 6 nitrogen and oxygen atoms in total. The molecule has 0 bridgehead atoms. The smallest absolute Gasteiger partial charge is 0.172 e. The van der Waals surface area contributed by atoms with E-state index in [2.05, 4.69) is 25.8 Å². The zero-order valence-corrected chi connectivity index (χ0v) is 15.6. The molecule has 1 aromatic heterocycles. The standard InChI is InChI=1S/C20H23FN6/c1-25(2)19-20(24-6-5-23-19)26-7-3-15-4-8-27(18(15)13-26)17-10-14(12-22)9-16(21)11-17/h5-6,9-11,15,18H,3-4,7-8,13H2,1-2H3. The third-order valence-corrected chi connectivity index (χ3v) is 5.59. The maximum Gasteiger partial charge on any atom is 0.172 e. The Morgan fingerprint density at radius 3 is 2.70 bits per heavy atom. The zero-order valence-electron chi connectivity index (χ0n) is 15.6. The minimum absolute atomic E-state index is 0.282. The van der Waals surface area contributed by atoms with Crippen LogP contribution in [0.4, 0.5) is 21.7 Å². The van der Waals surface area contributed by atoms with Crippen molar-refractivity contribution >= 4 is 17.3 Å². The van der Waals surface area contributed by atoms with Gasteiger partial charge in [-0.15, -0.1) is 0 Å². The van der Waals surface area contributed by atoms with E-state index in [9.17, 15) is 9.65 Å². The second-order valence-electron chi connectivity index (χ2n) is 7.45. The lowest BCUT2D eigenvalue weighted by Crippen LogP contribution is -2.49. The molecule has 140 valence electrons. The number of hydrogen-bond acceptors (Lipinski definition) is 6. The van der Waals surface area contributed by atoms with Crippen LogP contribution >= 0.6 is 0 Å². The van der Waals surface area contributed by atoms with Crippen LogP contribution in [0.5, 0.6) is 0 Å². The Morgan fingerprint density at radius 2 is 1.93 bits per heavy atom. The summed E-state index contributed by atoms with van der Waals surface area (Å²) in [6, 6.07) is 6.95. The highest BCUT2D eigenvalue weighted by molar-refractivity contribution is 5.62. The van der Waals surface area contributed by atoms with Crippen LogP contribution in [0.15, 0.2) is 30.6 Å². The highest BCUT2D eigenvalue weighted by atomic mass is 19.1. The first kappa shape index (κ1) is 17.5. The lowest BCUT2D eigenvalue weighted by molar-refractivity contribution is 0.389. The van der Waals surface area contributed by atoms with Crippen molar-refractivity contribution < 1.29 is 4.39 Å². The van der Waals surface area contributed by atoms with E-state index in [-0.39, 0.29) is 11.9 Å². The largest absolute Gasteiger partial charge is 0.366 e. The number of rotatable bonds is 3. The summed E-state index contributed by atoms with van der Waals surface area (Å²) in [5, 5.41) is 9.17. The summed E-state index contributed by atoms with van der Waals surface area (Å²) in [4.78, 5) is 15.6. The van der Waals surface area contributed by atoms with Crippen LogP contribution in [0.3, 0.4) is 0 Å². The predicted octanol–water partition coefficient (Wildman–Crippen LogP) is 2.66. The molecule has 0 saturated carbocycles. The zero-order chi connectivity index (χ0) is 19.0. The molecule has 2 aromatic rings. The maximum atomic E-state index is 14.0. The fraction of sp³-hybridized carbons (Fsp3) is 0.450. The lowest BCUT2D eigenvalue weighted by atomic mass is 9.92. The summed E-state index contributed by atoms with van der Waals surface area (Å²) in [7, 11) is 3.94. The molecule has 0 aliphatic carbocycles. The minimum Gasteiger partial charge on any atom is -0.366 e. The molecule has 7 heteroatoms. The molecule has 2 unspecified atom stereocenters. The summed E-state index contributed by atoms with van der Waals surface area (Å²) >= 11 is 0. The Kier molecular flexibility index (Phi) is 4.56. The molecule has 2 saturated heterocycles. The van der Waals surface area contributed by atoms with Crippen LogP contribution in [-0.4, -0.2) is 49.7 Å². The van der Waals surface area contributed by atoms with Crippen LogP contribution in [0.1, 0.15) is 18.4 Å². The predicted molar refractivity (Wildman–Crippen MR) is 104 cm³/mol. The summed E-state index contributed by atoms with van der Waals surface area (Å²) in [5.41, 5.74) is 1.16. The quantitative estimate of drug-likeness (QED) is 0.832. The van der Waals surface area contributed by atoms with Gasteiger partial charge >= 0.3 is 0 Å². The van der Waals surface area contributed by atoms with Crippen molar-refractivity contribution in [1.82, 2.24) is 9.97 Å². The Labute approximate surface area is 158 Å². The van der Waals surface area contributed by atoms with Gasteiger partial charge in [-0.25, -0.2) is 14.4 Å². The van der Waals surface area contributed by atoms with E-state index in [1.807, 2.05) is 19.0 Å². The molecule has 2 fully saturated rings. The lowest BCUT2D eigenvalue weighted by Gasteiger charge is -2.40. The Bertz CT molecular complexity index is 877. The second kappa shape index (κ2) is 7.03. The van der Waals surface area contributed by atoms with Crippen molar-refractivity contribution in [2.45, 2.75) is 18.9 Å². The van der Waals surface area contributed by atoms with Gasteiger partial charge in [0.05, 0.1) is 11.6 Å². The van der Waals surface area contributed by atoms with Crippen molar-refractivity contribution in [3.05, 3.63) is 42.0 Å². The normalized spacial score (nSPS) is 21.7. The number of aromatic nitrogens is 2. The monoisotopic (exact) mass is 366 g/mol. The molecular weight excluding hydrogens is 343 g/mol. The third-order valence-electron chi connectivity index (χ3n) is 5.59. The van der Waals surface area contributed by atoms with Crippen molar-refractivity contribution in [2.24, 2.45) is 5.92 Å². The molecule has 1 aromatic carbocycles. The molecule has 2 aliphatic rings. The minimum atomic E-state index is -0.357. The van der Waals surface area contributed by atoms with Gasteiger partial charge in [0.15, 0.2) is 11.6 Å². The Hall–Kier alpha value is -2.88. The van der Waals surface area contributed by atoms with Crippen LogP contribution in [0.25, 0.3) is 0 Å². The first-order chi connectivity index (χ1) is 13.1. The van der Waals surface area contributed by atoms with Gasteiger partial charge in [-0.3, -0.25) is 0 Å². The summed E-state index contributed by atoms with van der Waals surface area (Å²) in [6.07, 6.45) is 5.61. The van der Waals surface area contributed by atoms with Crippen molar-refractivity contribution in [3.63, 3.8) is 0 Å². The number of nitriles is 1. The van der Waals surface area contributed by atoms with Gasteiger partial charge in [-0.2, -0.15) is 5.26 Å². The second-order valence-corrected chi connectivity index (χ2v) is 7.45. The van der Waals surface area contributed by atoms with E-state index in [4.69, 9.17) is 0 Å². The average Bonchev–Trinajstić information content (AvgIpc) is 3.10. The van der Waals surface area contributed by atoms with E-state index in [0.29, 0.717) is 11.5 Å². The molecule has 0 spiro atoms. The first-order valence-corrected chi connectivity index (χ1v) is 9.27. The Morgan fingerprint density at radius 1 is 1.15 bits per heavy atom. The van der Waals surface area contributed by atoms with E-state index in [0.717, 1.165) is 49.8 Å². The average molecular weight is 366 g/mol. The van der Waals surface area contributed by atoms with Crippen LogP contribution in [-0.2, 0) is 0 Å². The maximum absolute atomic E-state index is 14.0. The van der Waals surface area contributed by atoms with E-state index in [1.165, 1.54) is 12.1 Å². The summed E-state index contributed by atoms with van der Waals surface area (Å²) in [5.74, 6) is 1.97. The van der Waals surface area contributed by atoms with Crippen LogP contribution in [0.2, 0.25) is 0 Å². The topological polar surface area (TPSA) is 59.3 Å². The fourth-order valence-electron chi connectivity index (χ4n) is 4.32. The van der Waals surface area contributed by atoms with Gasteiger partial charge in [0.25, 0.3) is 0 Å². The number of hydrogen-bond donors (Lipinski definition) is 0. The SMILES string of the molecule is CN(C)c1nccnc1N1CCC2CCN(c3cc(F)cc(C#N)c3)C2C1. The van der Waals surface area contributed by atoms with Gasteiger partial charge in [-0.05, 0) is 37.0 Å². The molecule has 0 amide bonds. The van der Waals surface area contributed by atoms with E-state index < -0.39 is 0 Å². The van der Waals surface area contributed by atoms with Crippen LogP contribution < -0.4 is 14.7 Å². The van der Waals surface area contributed by atoms with Crippen molar-refractivity contribution in [1.29, 1.82) is 5.26 Å². The fourth-order valence-corrected chi connectivity index (χ4v) is 4.32. The highest BCUT2D eigenvalue weighted by Crippen LogP contribution is 2.37. The number of anilines is 3. The highest BCUT2D eigenvalue weighted by Gasteiger charge is 2.39. The summed E-state index contributed by atoms with van der Waals surface area (Å²) < 4.78 is 14.0. The van der Waals surface area contributed by atoms with E-state index in [1.54, 1.807) is 18.5 Å². The third kappa shape index (κ3) is 3.27. The number of fused-ring (bicyclic) bond motifs is 1. The molecule has 4 rings (SSSR count). The molecule has 27 heavy (non-hydrogen) atoms. The van der Waals surface area contributed by atoms with Gasteiger partial charge in [-0.1, -0.05) is 0 Å². The Balaban J connectivity index is 1.62.